The lowest BCUT2D eigenvalue weighted by atomic mass is 10.1. The number of methoxy groups -OCH3 is 3. The quantitative estimate of drug-likeness (QED) is 0.568. The molecule has 0 radical (unpaired) electrons. The van der Waals surface area contributed by atoms with Crippen LogP contribution in [0.3, 0.4) is 0 Å². The minimum Gasteiger partial charge on any atom is -0.494 e. The molecule has 144 valence electrons. The number of carbonyl (C=O) groups is 1. The molecule has 0 fully saturated rings. The summed E-state index contributed by atoms with van der Waals surface area (Å²) in [5.41, 5.74) is 4.43. The largest absolute Gasteiger partial charge is 0.494 e. The molecule has 0 unspecified atom stereocenters. The molecule has 0 saturated heterocycles. The molecule has 2 rings (SSSR count). The molecule has 2 aromatic carbocycles. The highest BCUT2D eigenvalue weighted by molar-refractivity contribution is 6.01. The molecule has 27 heavy (non-hydrogen) atoms. The number of carbonyl (C=O) groups excluding carboxylic acids is 1. The Morgan fingerprint density at radius 2 is 1.56 bits per heavy atom. The highest BCUT2D eigenvalue weighted by Crippen LogP contribution is 2.38. The van der Waals surface area contributed by atoms with E-state index in [2.05, 4.69) is 10.5 Å². The first-order valence-corrected chi connectivity index (χ1v) is 8.41. The van der Waals surface area contributed by atoms with Gasteiger partial charge in [-0.15, -0.1) is 0 Å². The van der Waals surface area contributed by atoms with Crippen LogP contribution in [0.25, 0.3) is 0 Å². The smallest absolute Gasteiger partial charge is 0.271 e. The van der Waals surface area contributed by atoms with Crippen LogP contribution in [0.2, 0.25) is 0 Å². The third kappa shape index (κ3) is 4.91. The summed E-state index contributed by atoms with van der Waals surface area (Å²) in [5.74, 6) is 1.61. The fourth-order valence-corrected chi connectivity index (χ4v) is 2.43. The molecule has 0 bridgehead atoms. The lowest BCUT2D eigenvalue weighted by Gasteiger charge is -2.13. The van der Waals surface area contributed by atoms with Crippen LogP contribution in [0.5, 0.6) is 23.0 Å². The van der Waals surface area contributed by atoms with Crippen molar-refractivity contribution in [3.05, 3.63) is 47.5 Å². The number of nitrogens with zero attached hydrogens (tertiary/aromatic N) is 1. The van der Waals surface area contributed by atoms with Crippen LogP contribution < -0.4 is 24.4 Å². The molecule has 0 aliphatic carbocycles. The van der Waals surface area contributed by atoms with Gasteiger partial charge in [0.05, 0.1) is 33.6 Å². The average Bonchev–Trinajstić information content (AvgIpc) is 2.71. The second kappa shape index (κ2) is 9.47. The van der Waals surface area contributed by atoms with E-state index < -0.39 is 0 Å². The summed E-state index contributed by atoms with van der Waals surface area (Å²) in [4.78, 5) is 12.5. The van der Waals surface area contributed by atoms with Crippen LogP contribution in [0.15, 0.2) is 41.5 Å². The minimum absolute atomic E-state index is 0.341. The van der Waals surface area contributed by atoms with E-state index in [0.717, 1.165) is 11.3 Å². The van der Waals surface area contributed by atoms with Gasteiger partial charge in [-0.2, -0.15) is 5.10 Å². The maximum Gasteiger partial charge on any atom is 0.271 e. The second-order valence-electron chi connectivity index (χ2n) is 5.51. The lowest BCUT2D eigenvalue weighted by Crippen LogP contribution is -2.19. The Morgan fingerprint density at radius 1 is 0.963 bits per heavy atom. The van der Waals surface area contributed by atoms with E-state index in [9.17, 15) is 4.79 Å². The highest BCUT2D eigenvalue weighted by Gasteiger charge is 2.16. The average molecular weight is 372 g/mol. The highest BCUT2D eigenvalue weighted by atomic mass is 16.5. The Balaban J connectivity index is 2.17. The molecule has 2 aromatic rings. The summed E-state index contributed by atoms with van der Waals surface area (Å²) in [6, 6.07) is 10.6. The van der Waals surface area contributed by atoms with Crippen molar-refractivity contribution in [2.45, 2.75) is 13.8 Å². The van der Waals surface area contributed by atoms with Gasteiger partial charge in [-0.1, -0.05) is 0 Å². The van der Waals surface area contributed by atoms with Crippen molar-refractivity contribution < 1.29 is 23.7 Å². The molecule has 0 spiro atoms. The van der Waals surface area contributed by atoms with Crippen LogP contribution in [0.4, 0.5) is 0 Å². The zero-order valence-electron chi connectivity index (χ0n) is 16.2. The van der Waals surface area contributed by atoms with Gasteiger partial charge in [0, 0.05) is 5.56 Å². The summed E-state index contributed by atoms with van der Waals surface area (Å²) in [6.07, 6.45) is 0. The Bertz CT molecular complexity index is 791. The normalized spacial score (nSPS) is 10.9. The van der Waals surface area contributed by atoms with Gasteiger partial charge in [-0.25, -0.2) is 5.43 Å². The molecule has 0 atom stereocenters. The van der Waals surface area contributed by atoms with Crippen LogP contribution in [-0.4, -0.2) is 39.6 Å². The Labute approximate surface area is 158 Å². The minimum atomic E-state index is -0.389. The topological polar surface area (TPSA) is 78.4 Å². The van der Waals surface area contributed by atoms with Gasteiger partial charge >= 0.3 is 0 Å². The van der Waals surface area contributed by atoms with E-state index in [1.54, 1.807) is 12.1 Å². The third-order valence-corrected chi connectivity index (χ3v) is 3.84. The predicted molar refractivity (Wildman–Crippen MR) is 103 cm³/mol. The zero-order valence-corrected chi connectivity index (χ0v) is 16.2. The Hall–Kier alpha value is -3.22. The van der Waals surface area contributed by atoms with Gasteiger partial charge in [-0.05, 0) is 55.8 Å². The molecule has 7 heteroatoms. The number of ether oxygens (including phenoxy) is 4. The van der Waals surface area contributed by atoms with Crippen molar-refractivity contribution in [3.63, 3.8) is 0 Å². The van der Waals surface area contributed by atoms with Crippen LogP contribution >= 0.6 is 0 Å². The summed E-state index contributed by atoms with van der Waals surface area (Å²) in [5, 5.41) is 4.16. The second-order valence-corrected chi connectivity index (χ2v) is 5.51. The van der Waals surface area contributed by atoms with Crippen molar-refractivity contribution in [1.82, 2.24) is 5.43 Å². The Kier molecular flexibility index (Phi) is 7.05. The van der Waals surface area contributed by atoms with Crippen LogP contribution in [0, 0.1) is 0 Å². The predicted octanol–water partition coefficient (Wildman–Crippen LogP) is 3.27. The first kappa shape index (κ1) is 20.1. The van der Waals surface area contributed by atoms with E-state index in [4.69, 9.17) is 18.9 Å². The number of rotatable bonds is 8. The molecule has 1 amide bonds. The summed E-state index contributed by atoms with van der Waals surface area (Å²) in [6.45, 7) is 4.35. The summed E-state index contributed by atoms with van der Waals surface area (Å²) >= 11 is 0. The molecule has 0 aromatic heterocycles. The lowest BCUT2D eigenvalue weighted by molar-refractivity contribution is 0.0954. The van der Waals surface area contributed by atoms with Crippen molar-refractivity contribution in [2.24, 2.45) is 5.10 Å². The first-order valence-electron chi connectivity index (χ1n) is 8.41. The summed E-state index contributed by atoms with van der Waals surface area (Å²) < 4.78 is 21.2. The molecule has 0 saturated carbocycles. The SMILES string of the molecule is CCOc1ccc(/C(C)=N/NC(=O)c2cc(OC)c(OC)c(OC)c2)cc1. The standard InChI is InChI=1S/C20H24N2O5/c1-6-27-16-9-7-14(8-10-16)13(2)21-22-20(23)15-11-17(24-3)19(26-5)18(12-15)25-4/h7-12H,6H2,1-5H3,(H,22,23)/b21-13+. The van der Waals surface area contributed by atoms with Gasteiger partial charge in [0.1, 0.15) is 5.75 Å². The molecule has 1 N–H and O–H groups in total. The molecule has 0 aliphatic rings. The van der Waals surface area contributed by atoms with Crippen LogP contribution in [-0.2, 0) is 0 Å². The van der Waals surface area contributed by atoms with E-state index in [0.29, 0.717) is 35.1 Å². The van der Waals surface area contributed by atoms with Crippen LogP contribution in [0.1, 0.15) is 29.8 Å². The molecule has 7 nitrogen and oxygen atoms in total. The van der Waals surface area contributed by atoms with Crippen molar-refractivity contribution in [3.8, 4) is 23.0 Å². The van der Waals surface area contributed by atoms with Crippen molar-refractivity contribution in [1.29, 1.82) is 0 Å². The summed E-state index contributed by atoms with van der Waals surface area (Å²) in [7, 11) is 4.49. The maximum absolute atomic E-state index is 12.5. The molecular weight excluding hydrogens is 348 g/mol. The zero-order chi connectivity index (χ0) is 19.8. The molecular formula is C20H24N2O5. The number of hydrazone groups is 1. The molecule has 0 aliphatic heterocycles. The van der Waals surface area contributed by atoms with Crippen molar-refractivity contribution >= 4 is 11.6 Å². The van der Waals surface area contributed by atoms with Crippen molar-refractivity contribution in [2.75, 3.05) is 27.9 Å². The van der Waals surface area contributed by atoms with Gasteiger partial charge in [0.15, 0.2) is 11.5 Å². The fourth-order valence-electron chi connectivity index (χ4n) is 2.43. The van der Waals surface area contributed by atoms with Gasteiger partial charge in [0.2, 0.25) is 5.75 Å². The van der Waals surface area contributed by atoms with E-state index in [1.807, 2.05) is 38.1 Å². The number of hydrogen-bond acceptors (Lipinski definition) is 6. The monoisotopic (exact) mass is 372 g/mol. The molecule has 0 heterocycles. The van der Waals surface area contributed by atoms with Gasteiger partial charge < -0.3 is 18.9 Å². The third-order valence-electron chi connectivity index (χ3n) is 3.84. The maximum atomic E-state index is 12.5. The number of nitrogens with one attached hydrogen (secondary N) is 1. The number of hydrogen-bond donors (Lipinski definition) is 1. The van der Waals surface area contributed by atoms with Gasteiger partial charge in [0.25, 0.3) is 5.91 Å². The van der Waals surface area contributed by atoms with Gasteiger partial charge in [-0.3, -0.25) is 4.79 Å². The number of amides is 1. The first-order chi connectivity index (χ1) is 13.0. The van der Waals surface area contributed by atoms with E-state index in [-0.39, 0.29) is 5.91 Å². The van der Waals surface area contributed by atoms with E-state index in [1.165, 1.54) is 21.3 Å². The number of benzene rings is 2. The van der Waals surface area contributed by atoms with E-state index >= 15 is 0 Å². The Morgan fingerprint density at radius 3 is 2.04 bits per heavy atom. The fraction of sp³-hybridized carbons (Fsp3) is 0.300.